The molecular formula is C15H20N4O2. The molecule has 3 N–H and O–H groups in total. The molecule has 112 valence electrons. The molecule has 0 aromatic carbocycles. The fourth-order valence-corrected chi connectivity index (χ4v) is 1.61. The minimum Gasteiger partial charge on any atom is -0.355 e. The Morgan fingerprint density at radius 3 is 2.86 bits per heavy atom. The van der Waals surface area contributed by atoms with E-state index in [1.807, 2.05) is 6.92 Å². The van der Waals surface area contributed by atoms with Gasteiger partial charge in [0.2, 0.25) is 5.91 Å². The summed E-state index contributed by atoms with van der Waals surface area (Å²) in [5.74, 6) is 5.07. The minimum absolute atomic E-state index is 0.0114. The van der Waals surface area contributed by atoms with Gasteiger partial charge in [0.1, 0.15) is 0 Å². The predicted octanol–water partition coefficient (Wildman–Crippen LogP) is -0.01000. The van der Waals surface area contributed by atoms with E-state index in [2.05, 4.69) is 22.1 Å². The monoisotopic (exact) mass is 288 g/mol. The van der Waals surface area contributed by atoms with Gasteiger partial charge in [0.05, 0.1) is 18.7 Å². The van der Waals surface area contributed by atoms with Crippen molar-refractivity contribution in [3.05, 3.63) is 29.6 Å². The molecule has 0 unspecified atom stereocenters. The Hall–Kier alpha value is -2.39. The fraction of sp³-hybridized carbons (Fsp3) is 0.400. The van der Waals surface area contributed by atoms with Crippen LogP contribution in [0.25, 0.3) is 0 Å². The van der Waals surface area contributed by atoms with Gasteiger partial charge in [0.15, 0.2) is 0 Å². The third-order valence-electron chi connectivity index (χ3n) is 2.62. The molecule has 2 amide bonds. The average molecular weight is 288 g/mol. The zero-order valence-corrected chi connectivity index (χ0v) is 12.3. The van der Waals surface area contributed by atoms with Crippen LogP contribution in [0.4, 0.5) is 0 Å². The van der Waals surface area contributed by atoms with Crippen LogP contribution in [-0.4, -0.2) is 48.4 Å². The van der Waals surface area contributed by atoms with Gasteiger partial charge in [-0.2, -0.15) is 0 Å². The van der Waals surface area contributed by atoms with Crippen LogP contribution in [0.15, 0.2) is 18.5 Å². The maximum atomic E-state index is 12.2. The molecule has 0 atom stereocenters. The number of rotatable bonds is 5. The highest BCUT2D eigenvalue weighted by atomic mass is 16.2. The minimum atomic E-state index is -0.273. The topological polar surface area (TPSA) is 88.3 Å². The Morgan fingerprint density at radius 2 is 2.19 bits per heavy atom. The van der Waals surface area contributed by atoms with Crippen molar-refractivity contribution in [1.82, 2.24) is 15.2 Å². The molecule has 0 radical (unpaired) electrons. The zero-order valence-electron chi connectivity index (χ0n) is 12.3. The van der Waals surface area contributed by atoms with Gasteiger partial charge in [0, 0.05) is 31.5 Å². The fourth-order valence-electron chi connectivity index (χ4n) is 1.61. The number of carbonyl (C=O) groups is 2. The number of aromatic nitrogens is 1. The van der Waals surface area contributed by atoms with E-state index in [-0.39, 0.29) is 24.9 Å². The smallest absolute Gasteiger partial charge is 0.255 e. The predicted molar refractivity (Wildman–Crippen MR) is 80.4 cm³/mol. The highest BCUT2D eigenvalue weighted by Gasteiger charge is 2.15. The summed E-state index contributed by atoms with van der Waals surface area (Å²) in [4.78, 5) is 29.1. The summed E-state index contributed by atoms with van der Waals surface area (Å²) in [6.45, 7) is 2.83. The summed E-state index contributed by atoms with van der Waals surface area (Å²) in [6, 6.07) is 1.64. The highest BCUT2D eigenvalue weighted by molar-refractivity contribution is 5.96. The van der Waals surface area contributed by atoms with E-state index in [9.17, 15) is 9.59 Å². The zero-order chi connectivity index (χ0) is 15.7. The van der Waals surface area contributed by atoms with Gasteiger partial charge < -0.3 is 16.0 Å². The summed E-state index contributed by atoms with van der Waals surface area (Å²) < 4.78 is 0. The van der Waals surface area contributed by atoms with Crippen LogP contribution >= 0.6 is 0 Å². The number of hydrogen-bond donors (Lipinski definition) is 2. The van der Waals surface area contributed by atoms with E-state index in [1.165, 1.54) is 11.1 Å². The van der Waals surface area contributed by atoms with Crippen LogP contribution in [0.1, 0.15) is 29.3 Å². The van der Waals surface area contributed by atoms with Gasteiger partial charge in [0.25, 0.3) is 5.91 Å². The molecule has 0 aliphatic carbocycles. The van der Waals surface area contributed by atoms with E-state index in [0.717, 1.165) is 6.42 Å². The molecule has 0 saturated carbocycles. The second-order valence-corrected chi connectivity index (χ2v) is 4.48. The van der Waals surface area contributed by atoms with Gasteiger partial charge in [-0.25, -0.2) is 0 Å². The Labute approximate surface area is 124 Å². The normalized spacial score (nSPS) is 9.48. The molecule has 0 fully saturated rings. The lowest BCUT2D eigenvalue weighted by Crippen LogP contribution is -2.38. The first-order valence-corrected chi connectivity index (χ1v) is 6.74. The van der Waals surface area contributed by atoms with Crippen molar-refractivity contribution in [2.45, 2.75) is 13.3 Å². The van der Waals surface area contributed by atoms with E-state index in [1.54, 1.807) is 19.3 Å². The Morgan fingerprint density at radius 1 is 1.43 bits per heavy atom. The second kappa shape index (κ2) is 8.72. The van der Waals surface area contributed by atoms with Gasteiger partial charge in [-0.15, -0.1) is 0 Å². The molecule has 6 nitrogen and oxygen atoms in total. The van der Waals surface area contributed by atoms with Crippen molar-refractivity contribution < 1.29 is 9.59 Å². The van der Waals surface area contributed by atoms with Crippen LogP contribution in [0.5, 0.6) is 0 Å². The van der Waals surface area contributed by atoms with Crippen molar-refractivity contribution in [1.29, 1.82) is 0 Å². The molecule has 0 aliphatic rings. The summed E-state index contributed by atoms with van der Waals surface area (Å²) in [6.07, 6.45) is 3.87. The number of carbonyl (C=O) groups excluding carboxylic acids is 2. The summed E-state index contributed by atoms with van der Waals surface area (Å²) >= 11 is 0. The van der Waals surface area contributed by atoms with E-state index >= 15 is 0 Å². The average Bonchev–Trinajstić information content (AvgIpc) is 2.50. The number of likely N-dealkylation sites (N-methyl/N-ethyl adjacent to an activating group) is 1. The first kappa shape index (κ1) is 16.7. The largest absolute Gasteiger partial charge is 0.355 e. The van der Waals surface area contributed by atoms with E-state index < -0.39 is 0 Å². The summed E-state index contributed by atoms with van der Waals surface area (Å²) in [5, 5.41) is 2.72. The van der Waals surface area contributed by atoms with Crippen molar-refractivity contribution in [3.63, 3.8) is 0 Å². The number of nitrogens with one attached hydrogen (secondary N) is 1. The number of hydrogen-bond acceptors (Lipinski definition) is 4. The lowest BCUT2D eigenvalue weighted by atomic mass is 10.2. The molecule has 0 spiro atoms. The molecule has 1 heterocycles. The molecule has 0 saturated heterocycles. The van der Waals surface area contributed by atoms with Crippen LogP contribution in [-0.2, 0) is 4.79 Å². The highest BCUT2D eigenvalue weighted by Crippen LogP contribution is 2.05. The molecular weight excluding hydrogens is 268 g/mol. The maximum absolute atomic E-state index is 12.2. The third-order valence-corrected chi connectivity index (χ3v) is 2.62. The first-order valence-electron chi connectivity index (χ1n) is 6.74. The lowest BCUT2D eigenvalue weighted by Gasteiger charge is -2.16. The molecule has 1 aromatic rings. The van der Waals surface area contributed by atoms with Gasteiger partial charge >= 0.3 is 0 Å². The van der Waals surface area contributed by atoms with Crippen molar-refractivity contribution >= 4 is 11.8 Å². The molecule has 0 bridgehead atoms. The lowest BCUT2D eigenvalue weighted by molar-refractivity contribution is -0.121. The quantitative estimate of drug-likeness (QED) is 0.746. The van der Waals surface area contributed by atoms with Gasteiger partial charge in [-0.3, -0.25) is 14.6 Å². The van der Waals surface area contributed by atoms with Gasteiger partial charge in [-0.05, 0) is 12.5 Å². The molecule has 21 heavy (non-hydrogen) atoms. The number of nitrogens with two attached hydrogens (primary N) is 1. The van der Waals surface area contributed by atoms with Crippen LogP contribution in [0.2, 0.25) is 0 Å². The van der Waals surface area contributed by atoms with Crippen LogP contribution in [0.3, 0.4) is 0 Å². The van der Waals surface area contributed by atoms with Crippen LogP contribution in [0, 0.1) is 11.8 Å². The van der Waals surface area contributed by atoms with Crippen LogP contribution < -0.4 is 11.1 Å². The molecule has 1 rings (SSSR count). The number of amides is 2. The number of pyridine rings is 1. The Balaban J connectivity index is 2.71. The number of nitrogens with zero attached hydrogens (tertiary/aromatic N) is 2. The molecule has 1 aromatic heterocycles. The van der Waals surface area contributed by atoms with E-state index in [0.29, 0.717) is 17.7 Å². The SMILES string of the molecule is CCCNC(=O)CN(C)C(=O)c1cncc(C#CCN)c1. The second-order valence-electron chi connectivity index (χ2n) is 4.48. The molecule has 0 aliphatic heterocycles. The van der Waals surface area contributed by atoms with Crippen molar-refractivity contribution in [2.75, 3.05) is 26.7 Å². The van der Waals surface area contributed by atoms with E-state index in [4.69, 9.17) is 5.73 Å². The van der Waals surface area contributed by atoms with Crippen molar-refractivity contribution in [3.8, 4) is 11.8 Å². The Bertz CT molecular complexity index is 560. The third kappa shape index (κ3) is 5.63. The standard InChI is InChI=1S/C15H20N4O2/c1-3-7-18-14(20)11-19(2)15(21)13-8-12(5-4-6-16)9-17-10-13/h8-10H,3,6-7,11,16H2,1-2H3,(H,18,20). The summed E-state index contributed by atoms with van der Waals surface area (Å²) in [5.41, 5.74) is 6.32. The van der Waals surface area contributed by atoms with Gasteiger partial charge in [-0.1, -0.05) is 18.8 Å². The summed E-state index contributed by atoms with van der Waals surface area (Å²) in [7, 11) is 1.58. The Kier molecular flexibility index (Phi) is 6.92. The van der Waals surface area contributed by atoms with Crippen molar-refractivity contribution in [2.24, 2.45) is 5.73 Å². The molecule has 6 heteroatoms. The first-order chi connectivity index (χ1) is 10.1. The maximum Gasteiger partial charge on any atom is 0.255 e.